The van der Waals surface area contributed by atoms with Crippen molar-refractivity contribution in [3.63, 3.8) is 0 Å². The van der Waals surface area contributed by atoms with Crippen LogP contribution in [0.15, 0.2) is 54.6 Å². The summed E-state index contributed by atoms with van der Waals surface area (Å²) in [5, 5.41) is 0.510. The zero-order valence-electron chi connectivity index (χ0n) is 14.5. The molecular weight excluding hydrogens is 357 g/mol. The van der Waals surface area contributed by atoms with Crippen molar-refractivity contribution in [3.05, 3.63) is 76.6 Å². The molecule has 1 unspecified atom stereocenters. The standard InChI is InChI=1S/C20H19ClFNO3/c1-14(20(25)23(2)13-15-6-5-8-17(22)12-15)26-19(24)11-10-16-7-3-4-9-18(16)21/h3-12,14H,13H2,1-2H3/b11-10+. The van der Waals surface area contributed by atoms with Gasteiger partial charge < -0.3 is 9.64 Å². The molecule has 0 spiro atoms. The average Bonchev–Trinajstić information content (AvgIpc) is 2.60. The van der Waals surface area contributed by atoms with Crippen molar-refractivity contribution in [2.45, 2.75) is 19.6 Å². The van der Waals surface area contributed by atoms with Crippen molar-refractivity contribution < 1.29 is 18.7 Å². The number of amides is 1. The lowest BCUT2D eigenvalue weighted by atomic mass is 10.2. The SMILES string of the molecule is CC(OC(=O)/C=C/c1ccccc1Cl)C(=O)N(C)Cc1cccc(F)c1. The number of hydrogen-bond donors (Lipinski definition) is 0. The maximum atomic E-state index is 13.2. The van der Waals surface area contributed by atoms with Crippen molar-refractivity contribution in [3.8, 4) is 0 Å². The second kappa shape index (κ2) is 9.15. The number of likely N-dealkylation sites (N-methyl/N-ethyl adjacent to an activating group) is 1. The summed E-state index contributed by atoms with van der Waals surface area (Å²) in [7, 11) is 1.57. The Bertz CT molecular complexity index is 822. The first-order valence-electron chi connectivity index (χ1n) is 7.99. The van der Waals surface area contributed by atoms with Gasteiger partial charge in [0.1, 0.15) is 5.82 Å². The molecule has 1 atom stereocenters. The number of hydrogen-bond acceptors (Lipinski definition) is 3. The quantitative estimate of drug-likeness (QED) is 0.564. The van der Waals surface area contributed by atoms with E-state index in [-0.39, 0.29) is 18.3 Å². The molecule has 0 bridgehead atoms. The molecule has 0 heterocycles. The van der Waals surface area contributed by atoms with E-state index in [0.717, 1.165) is 0 Å². The third-order valence-corrected chi connectivity index (χ3v) is 3.97. The van der Waals surface area contributed by atoms with Gasteiger partial charge in [-0.3, -0.25) is 4.79 Å². The van der Waals surface area contributed by atoms with Gasteiger partial charge in [0.05, 0.1) is 0 Å². The van der Waals surface area contributed by atoms with Crippen LogP contribution in [0.1, 0.15) is 18.1 Å². The monoisotopic (exact) mass is 375 g/mol. The first kappa shape index (κ1) is 19.7. The molecule has 0 aliphatic rings. The van der Waals surface area contributed by atoms with Gasteiger partial charge in [-0.1, -0.05) is 41.9 Å². The maximum absolute atomic E-state index is 13.2. The lowest BCUT2D eigenvalue weighted by Gasteiger charge is -2.21. The van der Waals surface area contributed by atoms with Gasteiger partial charge in [-0.2, -0.15) is 0 Å². The first-order valence-corrected chi connectivity index (χ1v) is 8.37. The van der Waals surface area contributed by atoms with E-state index in [0.29, 0.717) is 16.1 Å². The van der Waals surface area contributed by atoms with Gasteiger partial charge >= 0.3 is 5.97 Å². The number of carbonyl (C=O) groups excluding carboxylic acids is 2. The fourth-order valence-electron chi connectivity index (χ4n) is 2.33. The predicted molar refractivity (Wildman–Crippen MR) is 98.9 cm³/mol. The highest BCUT2D eigenvalue weighted by Crippen LogP contribution is 2.16. The molecule has 6 heteroatoms. The topological polar surface area (TPSA) is 46.6 Å². The van der Waals surface area contributed by atoms with Crippen LogP contribution in [0, 0.1) is 5.82 Å². The zero-order valence-corrected chi connectivity index (χ0v) is 15.2. The summed E-state index contributed by atoms with van der Waals surface area (Å²) >= 11 is 6.00. The minimum absolute atomic E-state index is 0.216. The molecule has 4 nitrogen and oxygen atoms in total. The number of nitrogens with zero attached hydrogens (tertiary/aromatic N) is 1. The molecule has 0 fully saturated rings. The summed E-state index contributed by atoms with van der Waals surface area (Å²) in [5.74, 6) is -1.40. The van der Waals surface area contributed by atoms with Crippen LogP contribution < -0.4 is 0 Å². The summed E-state index contributed by atoms with van der Waals surface area (Å²) in [6.45, 7) is 1.71. The summed E-state index contributed by atoms with van der Waals surface area (Å²) in [6, 6.07) is 13.0. The number of ether oxygens (including phenoxy) is 1. The summed E-state index contributed by atoms with van der Waals surface area (Å²) < 4.78 is 18.3. The summed E-state index contributed by atoms with van der Waals surface area (Å²) in [6.07, 6.45) is 1.78. The third kappa shape index (κ3) is 5.70. The molecule has 136 valence electrons. The highest BCUT2D eigenvalue weighted by molar-refractivity contribution is 6.32. The molecule has 2 rings (SSSR count). The van der Waals surface area contributed by atoms with Crippen molar-refractivity contribution in [1.82, 2.24) is 4.90 Å². The number of halogens is 2. The van der Waals surface area contributed by atoms with E-state index in [1.54, 1.807) is 43.4 Å². The molecule has 26 heavy (non-hydrogen) atoms. The van der Waals surface area contributed by atoms with Crippen molar-refractivity contribution >= 4 is 29.6 Å². The van der Waals surface area contributed by atoms with E-state index >= 15 is 0 Å². The molecule has 0 saturated heterocycles. The number of esters is 1. The predicted octanol–water partition coefficient (Wildman–Crippen LogP) is 4.08. The van der Waals surface area contributed by atoms with E-state index in [1.807, 2.05) is 0 Å². The maximum Gasteiger partial charge on any atom is 0.331 e. The Morgan fingerprint density at radius 2 is 1.96 bits per heavy atom. The Kier molecular flexibility index (Phi) is 6.92. The number of carbonyl (C=O) groups is 2. The third-order valence-electron chi connectivity index (χ3n) is 3.63. The highest BCUT2D eigenvalue weighted by Gasteiger charge is 2.20. The number of benzene rings is 2. The molecule has 0 aliphatic carbocycles. The van der Waals surface area contributed by atoms with E-state index < -0.39 is 12.1 Å². The minimum atomic E-state index is -0.961. The second-order valence-electron chi connectivity index (χ2n) is 5.76. The average molecular weight is 376 g/mol. The lowest BCUT2D eigenvalue weighted by Crippen LogP contribution is -2.36. The Labute approximate surface area is 156 Å². The van der Waals surface area contributed by atoms with Crippen LogP contribution in [0.5, 0.6) is 0 Å². The van der Waals surface area contributed by atoms with Gasteiger partial charge in [-0.05, 0) is 42.3 Å². The highest BCUT2D eigenvalue weighted by atomic mass is 35.5. The van der Waals surface area contributed by atoms with Gasteiger partial charge in [0.25, 0.3) is 5.91 Å². The molecule has 0 N–H and O–H groups in total. The molecule has 2 aromatic rings. The Morgan fingerprint density at radius 1 is 1.23 bits per heavy atom. The number of rotatable bonds is 6. The van der Waals surface area contributed by atoms with Crippen LogP contribution in [0.4, 0.5) is 4.39 Å². The van der Waals surface area contributed by atoms with Gasteiger partial charge in [0.15, 0.2) is 6.10 Å². The van der Waals surface area contributed by atoms with Crippen LogP contribution in [0.2, 0.25) is 5.02 Å². The first-order chi connectivity index (χ1) is 12.4. The van der Waals surface area contributed by atoms with Crippen LogP contribution in [-0.4, -0.2) is 29.9 Å². The minimum Gasteiger partial charge on any atom is -0.449 e. The fraction of sp³-hybridized carbons (Fsp3) is 0.200. The molecular formula is C20H19ClFNO3. The summed E-state index contributed by atoms with van der Waals surface area (Å²) in [5.41, 5.74) is 1.33. The Balaban J connectivity index is 1.91. The van der Waals surface area contributed by atoms with E-state index in [2.05, 4.69) is 0 Å². The van der Waals surface area contributed by atoms with Gasteiger partial charge in [0.2, 0.25) is 0 Å². The van der Waals surface area contributed by atoms with Crippen molar-refractivity contribution in [1.29, 1.82) is 0 Å². The van der Waals surface area contributed by atoms with E-state index in [9.17, 15) is 14.0 Å². The van der Waals surface area contributed by atoms with Gasteiger partial charge in [-0.25, -0.2) is 9.18 Å². The largest absolute Gasteiger partial charge is 0.449 e. The molecule has 0 aliphatic heterocycles. The normalized spacial score (nSPS) is 12.0. The fourth-order valence-corrected chi connectivity index (χ4v) is 2.53. The van der Waals surface area contributed by atoms with Crippen LogP contribution in [0.3, 0.4) is 0 Å². The Morgan fingerprint density at radius 3 is 2.65 bits per heavy atom. The van der Waals surface area contributed by atoms with Gasteiger partial charge in [0, 0.05) is 24.7 Å². The van der Waals surface area contributed by atoms with Crippen molar-refractivity contribution in [2.24, 2.45) is 0 Å². The lowest BCUT2D eigenvalue weighted by molar-refractivity contribution is -0.154. The van der Waals surface area contributed by atoms with Crippen LogP contribution in [0.25, 0.3) is 6.08 Å². The van der Waals surface area contributed by atoms with Crippen LogP contribution >= 0.6 is 11.6 Å². The van der Waals surface area contributed by atoms with Crippen molar-refractivity contribution in [2.75, 3.05) is 7.05 Å². The van der Waals surface area contributed by atoms with Gasteiger partial charge in [-0.15, -0.1) is 0 Å². The molecule has 0 saturated carbocycles. The summed E-state index contributed by atoms with van der Waals surface area (Å²) in [4.78, 5) is 25.6. The zero-order chi connectivity index (χ0) is 19.1. The van der Waals surface area contributed by atoms with E-state index in [1.165, 1.54) is 36.1 Å². The smallest absolute Gasteiger partial charge is 0.331 e. The van der Waals surface area contributed by atoms with E-state index in [4.69, 9.17) is 16.3 Å². The van der Waals surface area contributed by atoms with Crippen LogP contribution in [-0.2, 0) is 20.9 Å². The Hall–Kier alpha value is -2.66. The molecule has 0 aromatic heterocycles. The second-order valence-corrected chi connectivity index (χ2v) is 6.17. The molecule has 1 amide bonds. The molecule has 0 radical (unpaired) electrons. The molecule has 2 aromatic carbocycles.